The lowest BCUT2D eigenvalue weighted by Gasteiger charge is -2.34. The summed E-state index contributed by atoms with van der Waals surface area (Å²) in [4.78, 5) is 11.0. The van der Waals surface area contributed by atoms with Gasteiger partial charge in [0.1, 0.15) is 5.60 Å². The van der Waals surface area contributed by atoms with Gasteiger partial charge in [-0.15, -0.1) is 0 Å². The van der Waals surface area contributed by atoms with Gasteiger partial charge < -0.3 is 4.74 Å². The zero-order valence-electron chi connectivity index (χ0n) is 10.7. The molecule has 0 saturated heterocycles. The van der Waals surface area contributed by atoms with Gasteiger partial charge in [-0.25, -0.2) is 0 Å². The van der Waals surface area contributed by atoms with Gasteiger partial charge in [0.15, 0.2) is 0 Å². The molecule has 0 radical (unpaired) electrons. The number of ether oxygens (including phenoxy) is 1. The van der Waals surface area contributed by atoms with Crippen molar-refractivity contribution in [2.45, 2.75) is 59.5 Å². The number of hydrogen-bond acceptors (Lipinski definition) is 2. The monoisotopic (exact) mass is 212 g/mol. The minimum atomic E-state index is -0.537. The maximum atomic E-state index is 11.0. The molecule has 2 heteroatoms. The lowest BCUT2D eigenvalue weighted by molar-refractivity contribution is -0.153. The standard InChI is InChI=1S/C13H24O2/c1-7-9-12(4,5)10-13(6,8-2)15-11(3)14/h8H,2,7,9-10H2,1,3-6H3. The molecule has 0 aromatic heterocycles. The molecule has 0 N–H and O–H groups in total. The molecule has 88 valence electrons. The highest BCUT2D eigenvalue weighted by molar-refractivity contribution is 5.66. The van der Waals surface area contributed by atoms with Crippen LogP contribution in [-0.4, -0.2) is 11.6 Å². The number of hydrogen-bond donors (Lipinski definition) is 0. The maximum absolute atomic E-state index is 11.0. The van der Waals surface area contributed by atoms with Crippen molar-refractivity contribution in [1.29, 1.82) is 0 Å². The molecule has 15 heavy (non-hydrogen) atoms. The van der Waals surface area contributed by atoms with Crippen molar-refractivity contribution >= 4 is 5.97 Å². The zero-order chi connectivity index (χ0) is 12.1. The third kappa shape index (κ3) is 5.60. The Labute approximate surface area is 93.7 Å². The van der Waals surface area contributed by atoms with E-state index >= 15 is 0 Å². The van der Waals surface area contributed by atoms with Gasteiger partial charge in [-0.1, -0.05) is 33.8 Å². The third-order valence-electron chi connectivity index (χ3n) is 2.57. The second-order valence-corrected chi connectivity index (χ2v) is 5.20. The summed E-state index contributed by atoms with van der Waals surface area (Å²) in [5, 5.41) is 0. The number of carbonyl (C=O) groups excluding carboxylic acids is 1. The Bertz CT molecular complexity index is 231. The predicted octanol–water partition coefficient (Wildman–Crippen LogP) is 3.71. The summed E-state index contributed by atoms with van der Waals surface area (Å²) >= 11 is 0. The minimum Gasteiger partial charge on any atom is -0.455 e. The molecule has 0 aromatic carbocycles. The molecule has 0 heterocycles. The minimum absolute atomic E-state index is 0.174. The Balaban J connectivity index is 4.55. The zero-order valence-corrected chi connectivity index (χ0v) is 10.7. The van der Waals surface area contributed by atoms with Gasteiger partial charge in [0.05, 0.1) is 0 Å². The summed E-state index contributed by atoms with van der Waals surface area (Å²) < 4.78 is 5.31. The van der Waals surface area contributed by atoms with Crippen LogP contribution in [-0.2, 0) is 9.53 Å². The van der Waals surface area contributed by atoms with E-state index in [1.807, 2.05) is 6.92 Å². The van der Waals surface area contributed by atoms with E-state index in [4.69, 9.17) is 4.74 Å². The third-order valence-corrected chi connectivity index (χ3v) is 2.57. The largest absolute Gasteiger partial charge is 0.455 e. The number of carbonyl (C=O) groups is 1. The van der Waals surface area contributed by atoms with Crippen LogP contribution in [0.2, 0.25) is 0 Å². The van der Waals surface area contributed by atoms with Crippen molar-refractivity contribution in [1.82, 2.24) is 0 Å². The Morgan fingerprint density at radius 3 is 2.27 bits per heavy atom. The van der Waals surface area contributed by atoms with E-state index in [0.717, 1.165) is 19.3 Å². The molecule has 0 fully saturated rings. The van der Waals surface area contributed by atoms with Crippen molar-refractivity contribution < 1.29 is 9.53 Å². The van der Waals surface area contributed by atoms with E-state index in [1.165, 1.54) is 6.92 Å². The first kappa shape index (κ1) is 14.2. The first-order valence-corrected chi connectivity index (χ1v) is 5.58. The van der Waals surface area contributed by atoms with Crippen molar-refractivity contribution in [3.63, 3.8) is 0 Å². The molecule has 0 aliphatic heterocycles. The van der Waals surface area contributed by atoms with E-state index in [9.17, 15) is 4.79 Å². The van der Waals surface area contributed by atoms with Crippen molar-refractivity contribution in [3.8, 4) is 0 Å². The van der Waals surface area contributed by atoms with Crippen molar-refractivity contribution in [2.75, 3.05) is 0 Å². The number of esters is 1. The summed E-state index contributed by atoms with van der Waals surface area (Å²) in [6.45, 7) is 13.7. The lowest BCUT2D eigenvalue weighted by Crippen LogP contribution is -2.34. The van der Waals surface area contributed by atoms with Crippen molar-refractivity contribution in [2.24, 2.45) is 5.41 Å². The highest BCUT2D eigenvalue weighted by Gasteiger charge is 2.32. The van der Waals surface area contributed by atoms with Gasteiger partial charge in [0, 0.05) is 6.92 Å². The molecular weight excluding hydrogens is 188 g/mol. The highest BCUT2D eigenvalue weighted by atomic mass is 16.6. The summed E-state index contributed by atoms with van der Waals surface area (Å²) in [7, 11) is 0. The summed E-state index contributed by atoms with van der Waals surface area (Å²) in [5.41, 5.74) is -0.363. The molecule has 1 atom stereocenters. The van der Waals surface area contributed by atoms with E-state index in [0.29, 0.717) is 0 Å². The Kier molecular flexibility index (Phi) is 5.06. The SMILES string of the molecule is C=CC(C)(CC(C)(C)CCC)OC(C)=O. The van der Waals surface area contributed by atoms with E-state index in [1.54, 1.807) is 6.08 Å². The van der Waals surface area contributed by atoms with Gasteiger partial charge in [-0.3, -0.25) is 4.79 Å². The molecule has 0 spiro atoms. The van der Waals surface area contributed by atoms with Crippen LogP contribution in [0.3, 0.4) is 0 Å². The smallest absolute Gasteiger partial charge is 0.303 e. The summed E-state index contributed by atoms with van der Waals surface area (Å²) in [6, 6.07) is 0. The van der Waals surface area contributed by atoms with E-state index in [-0.39, 0.29) is 11.4 Å². The molecule has 0 saturated carbocycles. The Hall–Kier alpha value is -0.790. The van der Waals surface area contributed by atoms with Crippen molar-refractivity contribution in [3.05, 3.63) is 12.7 Å². The molecule has 0 rings (SSSR count). The van der Waals surface area contributed by atoms with Gasteiger partial charge in [0.25, 0.3) is 0 Å². The fourth-order valence-electron chi connectivity index (χ4n) is 2.19. The second-order valence-electron chi connectivity index (χ2n) is 5.20. The summed E-state index contributed by atoms with van der Waals surface area (Å²) in [5.74, 6) is -0.246. The fraction of sp³-hybridized carbons (Fsp3) is 0.769. The van der Waals surface area contributed by atoms with E-state index in [2.05, 4.69) is 27.4 Å². The quantitative estimate of drug-likeness (QED) is 0.495. The highest BCUT2D eigenvalue weighted by Crippen LogP contribution is 2.34. The molecule has 0 amide bonds. The average Bonchev–Trinajstić information content (AvgIpc) is 2.01. The summed E-state index contributed by atoms with van der Waals surface area (Å²) in [6.07, 6.45) is 4.81. The molecule has 0 aliphatic carbocycles. The van der Waals surface area contributed by atoms with Crippen LogP contribution < -0.4 is 0 Å². The topological polar surface area (TPSA) is 26.3 Å². The normalized spacial score (nSPS) is 15.5. The van der Waals surface area contributed by atoms with Crippen LogP contribution in [0.25, 0.3) is 0 Å². The van der Waals surface area contributed by atoms with Gasteiger partial charge in [-0.05, 0) is 31.3 Å². The first-order valence-electron chi connectivity index (χ1n) is 5.58. The van der Waals surface area contributed by atoms with Gasteiger partial charge >= 0.3 is 5.97 Å². The van der Waals surface area contributed by atoms with Crippen LogP contribution in [0.15, 0.2) is 12.7 Å². The lowest BCUT2D eigenvalue weighted by atomic mass is 9.78. The molecule has 0 aliphatic rings. The van der Waals surface area contributed by atoms with Gasteiger partial charge in [0.2, 0.25) is 0 Å². The molecule has 1 unspecified atom stereocenters. The molecule has 2 nitrogen and oxygen atoms in total. The molecule has 0 aromatic rings. The van der Waals surface area contributed by atoms with Crippen LogP contribution >= 0.6 is 0 Å². The Morgan fingerprint density at radius 2 is 1.93 bits per heavy atom. The van der Waals surface area contributed by atoms with Crippen LogP contribution in [0.4, 0.5) is 0 Å². The average molecular weight is 212 g/mol. The second kappa shape index (κ2) is 5.34. The Morgan fingerprint density at radius 1 is 1.40 bits per heavy atom. The van der Waals surface area contributed by atoms with E-state index < -0.39 is 5.60 Å². The van der Waals surface area contributed by atoms with Crippen LogP contribution in [0.5, 0.6) is 0 Å². The molecular formula is C13H24O2. The first-order chi connectivity index (χ1) is 6.74. The molecule has 0 bridgehead atoms. The number of rotatable bonds is 6. The van der Waals surface area contributed by atoms with Gasteiger partial charge in [-0.2, -0.15) is 0 Å². The fourth-order valence-corrected chi connectivity index (χ4v) is 2.19. The predicted molar refractivity (Wildman–Crippen MR) is 63.7 cm³/mol. The maximum Gasteiger partial charge on any atom is 0.303 e. The van der Waals surface area contributed by atoms with Crippen LogP contribution in [0, 0.1) is 5.41 Å². The van der Waals surface area contributed by atoms with Crippen LogP contribution in [0.1, 0.15) is 53.9 Å².